The van der Waals surface area contributed by atoms with Gasteiger partial charge in [0.2, 0.25) is 0 Å². The number of methoxy groups -OCH3 is 1. The molecule has 1 fully saturated rings. The first-order valence-electron chi connectivity index (χ1n) is 6.55. The normalized spacial score (nSPS) is 30.9. The molecule has 16 heavy (non-hydrogen) atoms. The van der Waals surface area contributed by atoms with Crippen LogP contribution in [0.4, 0.5) is 0 Å². The van der Waals surface area contributed by atoms with Gasteiger partial charge in [0.1, 0.15) is 0 Å². The zero-order chi connectivity index (χ0) is 12.0. The van der Waals surface area contributed by atoms with Gasteiger partial charge < -0.3 is 10.5 Å². The van der Waals surface area contributed by atoms with Crippen molar-refractivity contribution < 1.29 is 4.74 Å². The summed E-state index contributed by atoms with van der Waals surface area (Å²) in [5, 5.41) is 0. The SMILES string of the molecule is COCCCN(C)C1(CN)CCCC(C)C1. The number of likely N-dealkylation sites (N-methyl/N-ethyl adjacent to an activating group) is 1. The van der Waals surface area contributed by atoms with Gasteiger partial charge in [-0.05, 0) is 32.2 Å². The van der Waals surface area contributed by atoms with Crippen LogP contribution in [0.5, 0.6) is 0 Å². The van der Waals surface area contributed by atoms with E-state index in [1.54, 1.807) is 7.11 Å². The van der Waals surface area contributed by atoms with Crippen LogP contribution in [0, 0.1) is 5.92 Å². The highest BCUT2D eigenvalue weighted by Crippen LogP contribution is 2.35. The molecule has 1 aliphatic carbocycles. The zero-order valence-corrected chi connectivity index (χ0v) is 11.2. The molecule has 0 aromatic heterocycles. The van der Waals surface area contributed by atoms with Crippen LogP contribution in [0.25, 0.3) is 0 Å². The standard InChI is InChI=1S/C13H28N2O/c1-12-6-4-7-13(10-12,11-14)15(2)8-5-9-16-3/h12H,4-11,14H2,1-3H3. The van der Waals surface area contributed by atoms with E-state index in [0.717, 1.165) is 32.0 Å². The van der Waals surface area contributed by atoms with Gasteiger partial charge in [-0.3, -0.25) is 4.90 Å². The molecule has 0 aliphatic heterocycles. The minimum absolute atomic E-state index is 0.255. The van der Waals surface area contributed by atoms with Gasteiger partial charge in [0.15, 0.2) is 0 Å². The Morgan fingerprint density at radius 2 is 2.25 bits per heavy atom. The fourth-order valence-corrected chi connectivity index (χ4v) is 3.00. The average molecular weight is 228 g/mol. The van der Waals surface area contributed by atoms with Gasteiger partial charge in [0.05, 0.1) is 0 Å². The van der Waals surface area contributed by atoms with E-state index < -0.39 is 0 Å². The summed E-state index contributed by atoms with van der Waals surface area (Å²) in [5.74, 6) is 0.821. The lowest BCUT2D eigenvalue weighted by Crippen LogP contribution is -2.54. The summed E-state index contributed by atoms with van der Waals surface area (Å²) in [4.78, 5) is 2.47. The molecule has 1 aliphatic rings. The lowest BCUT2D eigenvalue weighted by Gasteiger charge is -2.46. The summed E-state index contributed by atoms with van der Waals surface area (Å²) in [6.07, 6.45) is 6.31. The molecule has 2 atom stereocenters. The van der Waals surface area contributed by atoms with Gasteiger partial charge >= 0.3 is 0 Å². The lowest BCUT2D eigenvalue weighted by molar-refractivity contribution is 0.0538. The van der Waals surface area contributed by atoms with Gasteiger partial charge in [-0.1, -0.05) is 19.8 Å². The van der Waals surface area contributed by atoms with Crippen LogP contribution in [0.15, 0.2) is 0 Å². The fraction of sp³-hybridized carbons (Fsp3) is 1.00. The van der Waals surface area contributed by atoms with Crippen molar-refractivity contribution in [1.82, 2.24) is 4.90 Å². The summed E-state index contributed by atoms with van der Waals surface area (Å²) in [7, 11) is 3.99. The molecule has 0 radical (unpaired) electrons. The molecule has 3 heteroatoms. The third-order valence-electron chi connectivity index (χ3n) is 4.10. The Kier molecular flexibility index (Phi) is 5.73. The number of nitrogens with two attached hydrogens (primary N) is 1. The molecule has 0 amide bonds. The minimum atomic E-state index is 0.255. The van der Waals surface area contributed by atoms with Gasteiger partial charge in [-0.15, -0.1) is 0 Å². The fourth-order valence-electron chi connectivity index (χ4n) is 3.00. The van der Waals surface area contributed by atoms with E-state index >= 15 is 0 Å². The number of nitrogens with zero attached hydrogens (tertiary/aromatic N) is 1. The molecule has 96 valence electrons. The smallest absolute Gasteiger partial charge is 0.0474 e. The predicted octanol–water partition coefficient (Wildman–Crippen LogP) is 1.86. The maximum Gasteiger partial charge on any atom is 0.0474 e. The van der Waals surface area contributed by atoms with E-state index in [-0.39, 0.29) is 5.54 Å². The van der Waals surface area contributed by atoms with E-state index in [2.05, 4.69) is 18.9 Å². The van der Waals surface area contributed by atoms with Crippen LogP contribution < -0.4 is 5.73 Å². The summed E-state index contributed by atoms with van der Waals surface area (Å²) in [6.45, 7) is 5.09. The van der Waals surface area contributed by atoms with Crippen LogP contribution >= 0.6 is 0 Å². The van der Waals surface area contributed by atoms with Crippen LogP contribution in [0.3, 0.4) is 0 Å². The van der Waals surface area contributed by atoms with Gasteiger partial charge in [-0.25, -0.2) is 0 Å². The first kappa shape index (κ1) is 13.9. The molecule has 2 N–H and O–H groups in total. The van der Waals surface area contributed by atoms with E-state index in [1.807, 2.05) is 0 Å². The Balaban J connectivity index is 2.49. The molecule has 0 bridgehead atoms. The van der Waals surface area contributed by atoms with Crippen molar-refractivity contribution in [2.75, 3.05) is 33.9 Å². The van der Waals surface area contributed by atoms with E-state index in [9.17, 15) is 0 Å². The molecule has 2 unspecified atom stereocenters. The summed E-state index contributed by atoms with van der Waals surface area (Å²) in [5.41, 5.74) is 6.29. The maximum atomic E-state index is 6.03. The van der Waals surface area contributed by atoms with Crippen molar-refractivity contribution in [3.05, 3.63) is 0 Å². The molecule has 1 saturated carbocycles. The third kappa shape index (κ3) is 3.44. The van der Waals surface area contributed by atoms with Crippen molar-refractivity contribution in [1.29, 1.82) is 0 Å². The third-order valence-corrected chi connectivity index (χ3v) is 4.10. The number of hydrogen-bond donors (Lipinski definition) is 1. The monoisotopic (exact) mass is 228 g/mol. The molecule has 1 rings (SSSR count). The van der Waals surface area contributed by atoms with Gasteiger partial charge in [0.25, 0.3) is 0 Å². The second-order valence-corrected chi connectivity index (χ2v) is 5.40. The molecule has 0 spiro atoms. The lowest BCUT2D eigenvalue weighted by atomic mass is 9.75. The quantitative estimate of drug-likeness (QED) is 0.705. The Hall–Kier alpha value is -0.120. The minimum Gasteiger partial charge on any atom is -0.385 e. The highest BCUT2D eigenvalue weighted by Gasteiger charge is 2.36. The van der Waals surface area contributed by atoms with Crippen molar-refractivity contribution in [3.8, 4) is 0 Å². The second-order valence-electron chi connectivity index (χ2n) is 5.40. The second kappa shape index (κ2) is 6.58. The predicted molar refractivity (Wildman–Crippen MR) is 68.5 cm³/mol. The summed E-state index contributed by atoms with van der Waals surface area (Å²) >= 11 is 0. The molecule has 0 saturated heterocycles. The van der Waals surface area contributed by atoms with Crippen molar-refractivity contribution in [2.24, 2.45) is 11.7 Å². The number of rotatable bonds is 6. The Morgan fingerprint density at radius 1 is 1.50 bits per heavy atom. The molecule has 0 aromatic carbocycles. The summed E-state index contributed by atoms with van der Waals surface area (Å²) in [6, 6.07) is 0. The first-order valence-corrected chi connectivity index (χ1v) is 6.55. The molecular formula is C13H28N2O. The van der Waals surface area contributed by atoms with Crippen molar-refractivity contribution in [3.63, 3.8) is 0 Å². The van der Waals surface area contributed by atoms with Crippen molar-refractivity contribution >= 4 is 0 Å². The molecule has 3 nitrogen and oxygen atoms in total. The molecular weight excluding hydrogens is 200 g/mol. The van der Waals surface area contributed by atoms with Crippen LogP contribution in [-0.2, 0) is 4.74 Å². The maximum absolute atomic E-state index is 6.03. The highest BCUT2D eigenvalue weighted by molar-refractivity contribution is 4.94. The molecule has 0 heterocycles. The van der Waals surface area contributed by atoms with Gasteiger partial charge in [0, 0.05) is 32.3 Å². The topological polar surface area (TPSA) is 38.5 Å². The largest absolute Gasteiger partial charge is 0.385 e. The van der Waals surface area contributed by atoms with Gasteiger partial charge in [-0.2, -0.15) is 0 Å². The molecule has 0 aromatic rings. The number of hydrogen-bond acceptors (Lipinski definition) is 3. The Labute approximate surface area is 100 Å². The van der Waals surface area contributed by atoms with E-state index in [1.165, 1.54) is 25.7 Å². The van der Waals surface area contributed by atoms with Crippen molar-refractivity contribution in [2.45, 2.75) is 44.6 Å². The van der Waals surface area contributed by atoms with Crippen LogP contribution in [-0.4, -0.2) is 44.3 Å². The van der Waals surface area contributed by atoms with E-state index in [4.69, 9.17) is 10.5 Å². The average Bonchev–Trinajstić information content (AvgIpc) is 2.29. The highest BCUT2D eigenvalue weighted by atomic mass is 16.5. The number of ether oxygens (including phenoxy) is 1. The first-order chi connectivity index (χ1) is 7.64. The Bertz CT molecular complexity index is 198. The zero-order valence-electron chi connectivity index (χ0n) is 11.2. The Morgan fingerprint density at radius 3 is 2.81 bits per heavy atom. The van der Waals surface area contributed by atoms with Crippen LogP contribution in [0.1, 0.15) is 39.0 Å². The van der Waals surface area contributed by atoms with E-state index in [0.29, 0.717) is 0 Å². The summed E-state index contributed by atoms with van der Waals surface area (Å²) < 4.78 is 5.11. The van der Waals surface area contributed by atoms with Crippen LogP contribution in [0.2, 0.25) is 0 Å².